The first-order chi connectivity index (χ1) is 7.29. The van der Waals surface area contributed by atoms with Gasteiger partial charge in [-0.2, -0.15) is 0 Å². The van der Waals surface area contributed by atoms with E-state index in [0.717, 1.165) is 0 Å². The van der Waals surface area contributed by atoms with Gasteiger partial charge in [-0.1, -0.05) is 34.8 Å². The predicted octanol–water partition coefficient (Wildman–Crippen LogP) is 2.61. The number of halogens is 3. The van der Waals surface area contributed by atoms with Crippen LogP contribution in [-0.4, -0.2) is 27.9 Å². The van der Waals surface area contributed by atoms with Crippen LogP contribution in [0.1, 0.15) is 13.3 Å². The average Bonchev–Trinajstić information content (AvgIpc) is 2.49. The van der Waals surface area contributed by atoms with E-state index in [1.54, 1.807) is 12.2 Å². The van der Waals surface area contributed by atoms with E-state index >= 15 is 0 Å². The molecular weight excluding hydrogens is 276 g/mol. The van der Waals surface area contributed by atoms with Crippen LogP contribution in [-0.2, 0) is 14.3 Å². The Bertz CT molecular complexity index is 324. The van der Waals surface area contributed by atoms with Gasteiger partial charge in [0, 0.05) is 13.3 Å². The first kappa shape index (κ1) is 13.6. The summed E-state index contributed by atoms with van der Waals surface area (Å²) in [5, 5.41) is 7.35. The van der Waals surface area contributed by atoms with Crippen LogP contribution in [0.5, 0.6) is 0 Å². The normalized spacial score (nSPS) is 24.2. The minimum Gasteiger partial charge on any atom is -0.470 e. The summed E-state index contributed by atoms with van der Waals surface area (Å²) in [6, 6.07) is 0. The number of hydrogen-bond donors (Lipinski definition) is 1. The number of esters is 1. The highest BCUT2D eigenvalue weighted by Crippen LogP contribution is 2.29. The van der Waals surface area contributed by atoms with Gasteiger partial charge in [-0.25, -0.2) is 0 Å². The fourth-order valence-corrected chi connectivity index (χ4v) is 1.37. The zero-order chi connectivity index (χ0) is 12.3. The molecule has 0 aromatic rings. The first-order valence-electron chi connectivity index (χ1n) is 4.47. The van der Waals surface area contributed by atoms with Crippen LogP contribution in [0, 0.1) is 5.41 Å². The van der Waals surface area contributed by atoms with Crippen molar-refractivity contribution in [1.82, 2.24) is 0 Å². The minimum absolute atomic E-state index is 0.342. The molecule has 0 aromatic carbocycles. The van der Waals surface area contributed by atoms with Crippen LogP contribution < -0.4 is 0 Å². The number of carbonyl (C=O) groups excluding carboxylic acids is 1. The second-order valence-electron chi connectivity index (χ2n) is 3.25. The van der Waals surface area contributed by atoms with E-state index in [1.165, 1.54) is 6.92 Å². The number of nitrogens with one attached hydrogen (secondary N) is 1. The van der Waals surface area contributed by atoms with E-state index in [0.29, 0.717) is 6.42 Å². The van der Waals surface area contributed by atoms with Crippen molar-refractivity contribution in [2.75, 3.05) is 0 Å². The zero-order valence-corrected chi connectivity index (χ0v) is 10.6. The quantitative estimate of drug-likeness (QED) is 0.279. The number of rotatable bonds is 2. The van der Waals surface area contributed by atoms with Crippen LogP contribution in [0.2, 0.25) is 0 Å². The van der Waals surface area contributed by atoms with Crippen LogP contribution >= 0.6 is 34.8 Å². The Morgan fingerprint density at radius 2 is 1.81 bits per heavy atom. The lowest BCUT2D eigenvalue weighted by atomic mass is 10.3. The minimum atomic E-state index is -1.87. The summed E-state index contributed by atoms with van der Waals surface area (Å²) in [6.07, 6.45) is 3.01. The maximum absolute atomic E-state index is 10.7. The van der Waals surface area contributed by atoms with Gasteiger partial charge in [-0.3, -0.25) is 10.2 Å². The number of alkyl halides is 3. The molecule has 0 spiro atoms. The van der Waals surface area contributed by atoms with Crippen molar-refractivity contribution in [3.8, 4) is 0 Å². The smallest absolute Gasteiger partial charge is 0.303 e. The molecule has 90 valence electrons. The average molecular weight is 287 g/mol. The number of hydrogen-bond acceptors (Lipinski definition) is 4. The third-order valence-electron chi connectivity index (χ3n) is 1.85. The Labute approximate surface area is 108 Å². The van der Waals surface area contributed by atoms with E-state index in [9.17, 15) is 4.79 Å². The summed E-state index contributed by atoms with van der Waals surface area (Å²) in [6.45, 7) is 1.32. The van der Waals surface area contributed by atoms with Crippen molar-refractivity contribution in [2.24, 2.45) is 0 Å². The molecule has 0 saturated heterocycles. The van der Waals surface area contributed by atoms with Crippen molar-refractivity contribution in [3.63, 3.8) is 0 Å². The lowest BCUT2D eigenvalue weighted by Gasteiger charge is -2.18. The summed E-state index contributed by atoms with van der Waals surface area (Å²) in [4.78, 5) is 10.7. The highest BCUT2D eigenvalue weighted by Gasteiger charge is 2.32. The Morgan fingerprint density at radius 3 is 2.25 bits per heavy atom. The molecule has 0 saturated carbocycles. The van der Waals surface area contributed by atoms with E-state index in [1.807, 2.05) is 0 Å². The Kier molecular flexibility index (Phi) is 4.47. The molecule has 1 aliphatic rings. The molecule has 1 aliphatic carbocycles. The number of carbonyl (C=O) groups is 1. The lowest BCUT2D eigenvalue weighted by Crippen LogP contribution is -2.26. The van der Waals surface area contributed by atoms with Gasteiger partial charge in [0.05, 0.1) is 0 Å². The van der Waals surface area contributed by atoms with Crippen LogP contribution in [0.25, 0.3) is 0 Å². The molecule has 0 unspecified atom stereocenters. The van der Waals surface area contributed by atoms with E-state index in [4.69, 9.17) is 49.7 Å². The predicted molar refractivity (Wildman–Crippen MR) is 62.2 cm³/mol. The Morgan fingerprint density at radius 1 is 1.31 bits per heavy atom. The summed E-state index contributed by atoms with van der Waals surface area (Å²) >= 11 is 16.4. The molecule has 16 heavy (non-hydrogen) atoms. The fourth-order valence-electron chi connectivity index (χ4n) is 1.24. The Balaban J connectivity index is 2.41. The van der Waals surface area contributed by atoms with Crippen molar-refractivity contribution in [3.05, 3.63) is 12.2 Å². The maximum Gasteiger partial charge on any atom is 0.303 e. The molecule has 1 N–H and O–H groups in total. The van der Waals surface area contributed by atoms with Gasteiger partial charge < -0.3 is 9.47 Å². The van der Waals surface area contributed by atoms with Crippen molar-refractivity contribution in [2.45, 2.75) is 29.3 Å². The fraction of sp³-hybridized carbons (Fsp3) is 0.556. The van der Waals surface area contributed by atoms with Gasteiger partial charge in [0.1, 0.15) is 12.2 Å². The summed E-state index contributed by atoms with van der Waals surface area (Å²) in [5.74, 6) is -0.817. The third kappa shape index (κ3) is 4.20. The summed E-state index contributed by atoms with van der Waals surface area (Å²) in [7, 11) is 0. The molecule has 4 nitrogen and oxygen atoms in total. The lowest BCUT2D eigenvalue weighted by molar-refractivity contribution is -0.144. The Hall–Kier alpha value is -0.450. The van der Waals surface area contributed by atoms with Crippen LogP contribution in [0.15, 0.2) is 12.2 Å². The molecule has 0 radical (unpaired) electrons. The highest BCUT2D eigenvalue weighted by molar-refractivity contribution is 6.76. The largest absolute Gasteiger partial charge is 0.470 e. The van der Waals surface area contributed by atoms with Crippen molar-refractivity contribution < 1.29 is 14.3 Å². The van der Waals surface area contributed by atoms with Crippen LogP contribution in [0.3, 0.4) is 0 Å². The van der Waals surface area contributed by atoms with Gasteiger partial charge in [-0.05, 0) is 12.2 Å². The summed E-state index contributed by atoms with van der Waals surface area (Å²) < 4.78 is 8.16. The van der Waals surface area contributed by atoms with Gasteiger partial charge in [0.15, 0.2) is 0 Å². The summed E-state index contributed by atoms with van der Waals surface area (Å²) in [5.41, 5.74) is 0. The number of ether oxygens (including phenoxy) is 2. The van der Waals surface area contributed by atoms with Crippen molar-refractivity contribution in [1.29, 1.82) is 5.41 Å². The SMILES string of the molecule is CC(=O)O[C@H]1C=C[C@@H](OC(=N)C(Cl)(Cl)Cl)C1. The van der Waals surface area contributed by atoms with Gasteiger partial charge in [0.2, 0.25) is 5.90 Å². The molecule has 0 aromatic heterocycles. The standard InChI is InChI=1S/C9H10Cl3NO3/c1-5(14)15-6-2-3-7(4-6)16-8(13)9(10,11)12/h2-3,6-7,13H,4H2,1H3/t6-,7+/m0/s1. The van der Waals surface area contributed by atoms with Crippen molar-refractivity contribution >= 4 is 46.7 Å². The second-order valence-corrected chi connectivity index (χ2v) is 5.53. The molecule has 0 aliphatic heterocycles. The van der Waals surface area contributed by atoms with Crippen LogP contribution in [0.4, 0.5) is 0 Å². The van der Waals surface area contributed by atoms with E-state index in [2.05, 4.69) is 0 Å². The van der Waals surface area contributed by atoms with E-state index < -0.39 is 15.8 Å². The molecule has 1 rings (SSSR count). The molecular formula is C9H10Cl3NO3. The molecule has 0 bridgehead atoms. The molecule has 0 heterocycles. The van der Waals surface area contributed by atoms with Gasteiger partial charge >= 0.3 is 5.97 Å². The molecule has 0 fully saturated rings. The van der Waals surface area contributed by atoms with E-state index in [-0.39, 0.29) is 12.1 Å². The first-order valence-corrected chi connectivity index (χ1v) is 5.60. The molecule has 2 atom stereocenters. The second kappa shape index (κ2) is 5.25. The maximum atomic E-state index is 10.7. The third-order valence-corrected chi connectivity index (χ3v) is 2.36. The molecule has 7 heteroatoms. The van der Waals surface area contributed by atoms with Gasteiger partial charge in [-0.15, -0.1) is 0 Å². The van der Waals surface area contributed by atoms with Gasteiger partial charge in [0.25, 0.3) is 3.79 Å². The topological polar surface area (TPSA) is 59.4 Å². The molecule has 0 amide bonds. The monoisotopic (exact) mass is 285 g/mol. The highest BCUT2D eigenvalue weighted by atomic mass is 35.6. The zero-order valence-electron chi connectivity index (χ0n) is 8.38.